The Kier molecular flexibility index (Phi) is 4.59. The predicted octanol–water partition coefficient (Wildman–Crippen LogP) is 1.28. The third kappa shape index (κ3) is 3.05. The number of carbonyl (C=O) groups is 1. The lowest BCUT2D eigenvalue weighted by atomic mass is 9.93. The zero-order valence-corrected chi connectivity index (χ0v) is 7.69. The molecule has 3 nitrogen and oxygen atoms in total. The van der Waals surface area contributed by atoms with E-state index in [-0.39, 0.29) is 5.92 Å². The van der Waals surface area contributed by atoms with Crippen molar-refractivity contribution in [1.82, 2.24) is 0 Å². The van der Waals surface area contributed by atoms with Crippen molar-refractivity contribution in [2.24, 2.45) is 11.8 Å². The summed E-state index contributed by atoms with van der Waals surface area (Å²) in [5.74, 6) is -1.80. The van der Waals surface area contributed by atoms with Crippen LogP contribution in [0.1, 0.15) is 20.8 Å². The summed E-state index contributed by atoms with van der Waals surface area (Å²) in [5.41, 5.74) is 0. The fourth-order valence-corrected chi connectivity index (χ4v) is 0.964. The van der Waals surface area contributed by atoms with E-state index < -0.39 is 18.0 Å². The minimum atomic E-state index is -0.977. The van der Waals surface area contributed by atoms with Gasteiger partial charge in [0.1, 0.15) is 5.92 Å². The third-order valence-electron chi connectivity index (χ3n) is 1.74. The van der Waals surface area contributed by atoms with Gasteiger partial charge in [0.25, 0.3) is 0 Å². The molecule has 0 aliphatic heterocycles. The van der Waals surface area contributed by atoms with Crippen molar-refractivity contribution in [3.63, 3.8) is 0 Å². The molecule has 70 valence electrons. The highest BCUT2D eigenvalue weighted by molar-refractivity contribution is 5.72. The van der Waals surface area contributed by atoms with E-state index in [2.05, 4.69) is 0 Å². The maximum atomic E-state index is 10.6. The van der Waals surface area contributed by atoms with Gasteiger partial charge in [-0.3, -0.25) is 4.79 Å². The van der Waals surface area contributed by atoms with E-state index in [4.69, 9.17) is 5.11 Å². The second-order valence-electron chi connectivity index (χ2n) is 3.12. The van der Waals surface area contributed by atoms with E-state index >= 15 is 0 Å². The maximum absolute atomic E-state index is 10.6. The Morgan fingerprint density at radius 3 is 2.17 bits per heavy atom. The zero-order valence-electron chi connectivity index (χ0n) is 7.69. The van der Waals surface area contributed by atoms with E-state index in [0.29, 0.717) is 0 Å². The van der Waals surface area contributed by atoms with Gasteiger partial charge in [0.2, 0.25) is 0 Å². The Bertz CT molecular complexity index is 173. The largest absolute Gasteiger partial charge is 0.481 e. The van der Waals surface area contributed by atoms with Crippen LogP contribution in [0, 0.1) is 11.8 Å². The molecule has 0 saturated heterocycles. The average molecular weight is 172 g/mol. The first-order chi connectivity index (χ1) is 5.50. The van der Waals surface area contributed by atoms with E-state index in [9.17, 15) is 9.90 Å². The lowest BCUT2D eigenvalue weighted by Gasteiger charge is -2.18. The zero-order chi connectivity index (χ0) is 9.72. The van der Waals surface area contributed by atoms with Gasteiger partial charge in [-0.05, 0) is 12.8 Å². The van der Waals surface area contributed by atoms with Crippen LogP contribution in [-0.2, 0) is 4.79 Å². The molecule has 0 rings (SSSR count). The molecule has 2 atom stereocenters. The number of rotatable bonds is 4. The molecular formula is C9H16O3. The van der Waals surface area contributed by atoms with Gasteiger partial charge in [-0.1, -0.05) is 26.0 Å². The van der Waals surface area contributed by atoms with Crippen LogP contribution in [0.15, 0.2) is 12.2 Å². The molecule has 0 fully saturated rings. The number of allylic oxidation sites excluding steroid dienone is 1. The number of aliphatic hydroxyl groups excluding tert-OH is 1. The second kappa shape index (κ2) is 4.93. The number of hydrogen-bond donors (Lipinski definition) is 2. The smallest absolute Gasteiger partial charge is 0.313 e. The Morgan fingerprint density at radius 1 is 1.42 bits per heavy atom. The molecule has 0 aromatic carbocycles. The fraction of sp³-hybridized carbons (Fsp3) is 0.667. The highest BCUT2D eigenvalue weighted by atomic mass is 16.4. The minimum absolute atomic E-state index is 0.0395. The molecule has 2 unspecified atom stereocenters. The van der Waals surface area contributed by atoms with Crippen molar-refractivity contribution in [3.8, 4) is 0 Å². The summed E-state index contributed by atoms with van der Waals surface area (Å²) in [4.78, 5) is 10.6. The minimum Gasteiger partial charge on any atom is -0.481 e. The van der Waals surface area contributed by atoms with Crippen LogP contribution in [0.5, 0.6) is 0 Å². The van der Waals surface area contributed by atoms with E-state index in [0.717, 1.165) is 0 Å². The van der Waals surface area contributed by atoms with Crippen molar-refractivity contribution in [2.75, 3.05) is 0 Å². The molecule has 0 saturated carbocycles. The first kappa shape index (κ1) is 11.2. The molecule has 12 heavy (non-hydrogen) atoms. The molecule has 0 aliphatic carbocycles. The monoisotopic (exact) mass is 172 g/mol. The number of aliphatic carboxylic acids is 1. The Morgan fingerprint density at radius 2 is 1.92 bits per heavy atom. The van der Waals surface area contributed by atoms with Crippen molar-refractivity contribution in [3.05, 3.63) is 12.2 Å². The summed E-state index contributed by atoms with van der Waals surface area (Å²) >= 11 is 0. The van der Waals surface area contributed by atoms with Gasteiger partial charge in [0, 0.05) is 0 Å². The van der Waals surface area contributed by atoms with Crippen LogP contribution >= 0.6 is 0 Å². The highest BCUT2D eigenvalue weighted by Gasteiger charge is 2.25. The van der Waals surface area contributed by atoms with E-state index in [1.807, 2.05) is 0 Å². The van der Waals surface area contributed by atoms with Gasteiger partial charge in [-0.2, -0.15) is 0 Å². The standard InChI is InChI=1S/C9H16O3/c1-4-5-7(9(11)12)8(10)6(2)3/h4-8,10H,1-3H3,(H,11,12)/b5-4-. The van der Waals surface area contributed by atoms with Crippen molar-refractivity contribution in [2.45, 2.75) is 26.9 Å². The van der Waals surface area contributed by atoms with Crippen LogP contribution in [0.2, 0.25) is 0 Å². The third-order valence-corrected chi connectivity index (χ3v) is 1.74. The molecule has 0 heterocycles. The molecular weight excluding hydrogens is 156 g/mol. The summed E-state index contributed by atoms with van der Waals surface area (Å²) < 4.78 is 0. The molecule has 0 aromatic rings. The van der Waals surface area contributed by atoms with Gasteiger partial charge in [-0.25, -0.2) is 0 Å². The van der Waals surface area contributed by atoms with Crippen LogP contribution < -0.4 is 0 Å². The van der Waals surface area contributed by atoms with Gasteiger partial charge in [-0.15, -0.1) is 0 Å². The Balaban J connectivity index is 4.40. The summed E-state index contributed by atoms with van der Waals surface area (Å²) in [5, 5.41) is 18.2. The quantitative estimate of drug-likeness (QED) is 0.628. The van der Waals surface area contributed by atoms with Crippen molar-refractivity contribution >= 4 is 5.97 Å². The molecule has 2 N–H and O–H groups in total. The number of carboxylic acids is 1. The molecule has 0 bridgehead atoms. The van der Waals surface area contributed by atoms with Crippen LogP contribution in [0.3, 0.4) is 0 Å². The van der Waals surface area contributed by atoms with Crippen LogP contribution in [0.4, 0.5) is 0 Å². The number of aliphatic hydroxyl groups is 1. The SMILES string of the molecule is C/C=C\C(C(=O)O)C(O)C(C)C. The molecule has 0 radical (unpaired) electrons. The van der Waals surface area contributed by atoms with Crippen molar-refractivity contribution < 1.29 is 15.0 Å². The summed E-state index contributed by atoms with van der Waals surface area (Å²) in [6, 6.07) is 0. The number of carboxylic acid groups (broad SMARTS) is 1. The summed E-state index contributed by atoms with van der Waals surface area (Å²) in [6.07, 6.45) is 2.34. The van der Waals surface area contributed by atoms with E-state index in [1.165, 1.54) is 6.08 Å². The topological polar surface area (TPSA) is 57.5 Å². The Hall–Kier alpha value is -0.830. The van der Waals surface area contributed by atoms with E-state index in [1.54, 1.807) is 26.8 Å². The first-order valence-electron chi connectivity index (χ1n) is 4.04. The molecule has 0 spiro atoms. The lowest BCUT2D eigenvalue weighted by molar-refractivity contribution is -0.144. The van der Waals surface area contributed by atoms with Gasteiger partial charge < -0.3 is 10.2 Å². The average Bonchev–Trinajstić information content (AvgIpc) is 1.98. The molecule has 3 heteroatoms. The maximum Gasteiger partial charge on any atom is 0.313 e. The molecule has 0 aliphatic rings. The first-order valence-corrected chi connectivity index (χ1v) is 4.04. The summed E-state index contributed by atoms with van der Waals surface area (Å²) in [7, 11) is 0. The normalized spacial score (nSPS) is 16.8. The van der Waals surface area contributed by atoms with Crippen LogP contribution in [-0.4, -0.2) is 22.3 Å². The van der Waals surface area contributed by atoms with Gasteiger partial charge in [0.15, 0.2) is 0 Å². The summed E-state index contributed by atoms with van der Waals surface area (Å²) in [6.45, 7) is 5.33. The fourth-order valence-electron chi connectivity index (χ4n) is 0.964. The highest BCUT2D eigenvalue weighted by Crippen LogP contribution is 2.14. The van der Waals surface area contributed by atoms with Gasteiger partial charge in [0.05, 0.1) is 6.10 Å². The molecule has 0 amide bonds. The van der Waals surface area contributed by atoms with Gasteiger partial charge >= 0.3 is 5.97 Å². The van der Waals surface area contributed by atoms with Crippen molar-refractivity contribution in [1.29, 1.82) is 0 Å². The number of hydrogen-bond acceptors (Lipinski definition) is 2. The predicted molar refractivity (Wildman–Crippen MR) is 46.8 cm³/mol. The lowest BCUT2D eigenvalue weighted by Crippen LogP contribution is -2.30. The molecule has 0 aromatic heterocycles. The van der Waals surface area contributed by atoms with Crippen LogP contribution in [0.25, 0.3) is 0 Å². The second-order valence-corrected chi connectivity index (χ2v) is 3.12. The Labute approximate surface area is 72.7 Å².